The maximum Gasteiger partial charge on any atom is 0.00672 e. The van der Waals surface area contributed by atoms with Gasteiger partial charge in [0.15, 0.2) is 0 Å². The standard InChI is InChI=1S/C10H22N2/c1-3-11-7-9(2)8-12-10-5-4-6-10/h9-12H,3-8H2,1-2H3. The van der Waals surface area contributed by atoms with E-state index >= 15 is 0 Å². The van der Waals surface area contributed by atoms with Crippen molar-refractivity contribution in [3.05, 3.63) is 0 Å². The first-order valence-corrected chi connectivity index (χ1v) is 5.27. The fourth-order valence-electron chi connectivity index (χ4n) is 1.44. The first-order chi connectivity index (χ1) is 5.83. The molecule has 0 aromatic heterocycles. The first kappa shape index (κ1) is 10.0. The quantitative estimate of drug-likeness (QED) is 0.629. The lowest BCUT2D eigenvalue weighted by Gasteiger charge is -2.28. The van der Waals surface area contributed by atoms with Crippen molar-refractivity contribution in [2.24, 2.45) is 5.92 Å². The summed E-state index contributed by atoms with van der Waals surface area (Å²) < 4.78 is 0. The van der Waals surface area contributed by atoms with E-state index in [4.69, 9.17) is 0 Å². The van der Waals surface area contributed by atoms with E-state index < -0.39 is 0 Å². The lowest BCUT2D eigenvalue weighted by atomic mass is 9.93. The van der Waals surface area contributed by atoms with Gasteiger partial charge < -0.3 is 10.6 Å². The monoisotopic (exact) mass is 170 g/mol. The van der Waals surface area contributed by atoms with Crippen LogP contribution in [-0.4, -0.2) is 25.7 Å². The molecule has 0 heterocycles. The van der Waals surface area contributed by atoms with Crippen LogP contribution in [0.4, 0.5) is 0 Å². The summed E-state index contributed by atoms with van der Waals surface area (Å²) in [4.78, 5) is 0. The SMILES string of the molecule is CCNCC(C)CNC1CCC1. The molecule has 0 amide bonds. The molecule has 2 nitrogen and oxygen atoms in total. The van der Waals surface area contributed by atoms with Crippen LogP contribution in [0.5, 0.6) is 0 Å². The second-order valence-electron chi connectivity index (χ2n) is 3.95. The molecule has 12 heavy (non-hydrogen) atoms. The van der Waals surface area contributed by atoms with Gasteiger partial charge in [0.05, 0.1) is 0 Å². The first-order valence-electron chi connectivity index (χ1n) is 5.27. The van der Waals surface area contributed by atoms with E-state index in [0.717, 1.165) is 25.0 Å². The fourth-order valence-corrected chi connectivity index (χ4v) is 1.44. The van der Waals surface area contributed by atoms with Gasteiger partial charge in [-0.2, -0.15) is 0 Å². The largest absolute Gasteiger partial charge is 0.317 e. The Morgan fingerprint density at radius 2 is 2.08 bits per heavy atom. The molecule has 0 spiro atoms. The Bertz CT molecular complexity index is 110. The topological polar surface area (TPSA) is 24.1 Å². The van der Waals surface area contributed by atoms with E-state index in [0.29, 0.717) is 0 Å². The van der Waals surface area contributed by atoms with Gasteiger partial charge >= 0.3 is 0 Å². The lowest BCUT2D eigenvalue weighted by molar-refractivity contribution is 0.318. The van der Waals surface area contributed by atoms with Crippen LogP contribution in [0.1, 0.15) is 33.1 Å². The molecular weight excluding hydrogens is 148 g/mol. The normalized spacial score (nSPS) is 20.5. The number of rotatable bonds is 6. The minimum Gasteiger partial charge on any atom is -0.317 e. The molecule has 1 atom stereocenters. The molecule has 0 bridgehead atoms. The highest BCUT2D eigenvalue weighted by Gasteiger charge is 2.16. The van der Waals surface area contributed by atoms with Crippen molar-refractivity contribution in [1.29, 1.82) is 0 Å². The van der Waals surface area contributed by atoms with Crippen LogP contribution in [0, 0.1) is 5.92 Å². The van der Waals surface area contributed by atoms with E-state index in [1.54, 1.807) is 0 Å². The van der Waals surface area contributed by atoms with Crippen LogP contribution in [0.15, 0.2) is 0 Å². The van der Waals surface area contributed by atoms with E-state index in [9.17, 15) is 0 Å². The predicted octanol–water partition coefficient (Wildman–Crippen LogP) is 1.37. The summed E-state index contributed by atoms with van der Waals surface area (Å²) in [5.41, 5.74) is 0. The Morgan fingerprint density at radius 3 is 2.58 bits per heavy atom. The third-order valence-electron chi connectivity index (χ3n) is 2.60. The zero-order chi connectivity index (χ0) is 8.81. The van der Waals surface area contributed by atoms with Crippen LogP contribution in [0.25, 0.3) is 0 Å². The summed E-state index contributed by atoms with van der Waals surface area (Å²) in [7, 11) is 0. The van der Waals surface area contributed by atoms with E-state index in [-0.39, 0.29) is 0 Å². The number of hydrogen-bond acceptors (Lipinski definition) is 2. The Labute approximate surface area is 76.1 Å². The van der Waals surface area contributed by atoms with Crippen molar-refractivity contribution in [2.75, 3.05) is 19.6 Å². The summed E-state index contributed by atoms with van der Waals surface area (Å²) in [5.74, 6) is 0.769. The van der Waals surface area contributed by atoms with Gasteiger partial charge in [-0.15, -0.1) is 0 Å². The van der Waals surface area contributed by atoms with Gasteiger partial charge in [-0.25, -0.2) is 0 Å². The minimum absolute atomic E-state index is 0.769. The second kappa shape index (κ2) is 5.55. The summed E-state index contributed by atoms with van der Waals surface area (Å²) in [6, 6.07) is 0.842. The third kappa shape index (κ3) is 3.55. The van der Waals surface area contributed by atoms with Gasteiger partial charge in [-0.3, -0.25) is 0 Å². The van der Waals surface area contributed by atoms with Crippen LogP contribution in [0.2, 0.25) is 0 Å². The van der Waals surface area contributed by atoms with E-state index in [1.807, 2.05) is 0 Å². The average Bonchev–Trinajstić information content (AvgIpc) is 1.98. The lowest BCUT2D eigenvalue weighted by Crippen LogP contribution is -2.39. The molecule has 1 unspecified atom stereocenters. The molecule has 72 valence electrons. The maximum absolute atomic E-state index is 3.59. The minimum atomic E-state index is 0.769. The van der Waals surface area contributed by atoms with Crippen LogP contribution in [-0.2, 0) is 0 Å². The van der Waals surface area contributed by atoms with Crippen LogP contribution in [0.3, 0.4) is 0 Å². The van der Waals surface area contributed by atoms with Crippen LogP contribution >= 0.6 is 0 Å². The summed E-state index contributed by atoms with van der Waals surface area (Å²) in [5, 5.41) is 6.96. The van der Waals surface area contributed by atoms with Crippen LogP contribution < -0.4 is 10.6 Å². The second-order valence-corrected chi connectivity index (χ2v) is 3.95. The van der Waals surface area contributed by atoms with Crippen molar-refractivity contribution in [3.8, 4) is 0 Å². The number of hydrogen-bond donors (Lipinski definition) is 2. The highest BCUT2D eigenvalue weighted by Crippen LogP contribution is 2.17. The number of nitrogens with one attached hydrogen (secondary N) is 2. The molecule has 1 saturated carbocycles. The zero-order valence-electron chi connectivity index (χ0n) is 8.40. The maximum atomic E-state index is 3.59. The Hall–Kier alpha value is -0.0800. The van der Waals surface area contributed by atoms with Gasteiger partial charge in [0.2, 0.25) is 0 Å². The fraction of sp³-hybridized carbons (Fsp3) is 1.00. The van der Waals surface area contributed by atoms with Crippen molar-refractivity contribution in [1.82, 2.24) is 10.6 Å². The molecule has 0 saturated heterocycles. The van der Waals surface area contributed by atoms with Gasteiger partial charge in [-0.05, 0) is 38.4 Å². The smallest absolute Gasteiger partial charge is 0.00672 e. The third-order valence-corrected chi connectivity index (χ3v) is 2.60. The molecule has 0 aromatic carbocycles. The van der Waals surface area contributed by atoms with E-state index in [2.05, 4.69) is 24.5 Å². The Kier molecular flexibility index (Phi) is 4.62. The molecule has 0 aliphatic heterocycles. The summed E-state index contributed by atoms with van der Waals surface area (Å²) in [6.07, 6.45) is 4.22. The van der Waals surface area contributed by atoms with E-state index in [1.165, 1.54) is 25.8 Å². The summed E-state index contributed by atoms with van der Waals surface area (Å²) >= 11 is 0. The molecule has 2 heteroatoms. The highest BCUT2D eigenvalue weighted by molar-refractivity contribution is 4.77. The van der Waals surface area contributed by atoms with Gasteiger partial charge in [-0.1, -0.05) is 20.3 Å². The van der Waals surface area contributed by atoms with Crippen molar-refractivity contribution in [2.45, 2.75) is 39.2 Å². The molecule has 0 radical (unpaired) electrons. The molecule has 2 N–H and O–H groups in total. The van der Waals surface area contributed by atoms with Crippen molar-refractivity contribution in [3.63, 3.8) is 0 Å². The zero-order valence-corrected chi connectivity index (χ0v) is 8.40. The Morgan fingerprint density at radius 1 is 1.33 bits per heavy atom. The van der Waals surface area contributed by atoms with Gasteiger partial charge in [0, 0.05) is 6.04 Å². The molecule has 1 fully saturated rings. The molecular formula is C10H22N2. The Balaban J connectivity index is 1.90. The highest BCUT2D eigenvalue weighted by atomic mass is 14.9. The average molecular weight is 170 g/mol. The molecule has 0 aromatic rings. The molecule has 1 aliphatic carbocycles. The van der Waals surface area contributed by atoms with Crippen molar-refractivity contribution >= 4 is 0 Å². The predicted molar refractivity (Wildman–Crippen MR) is 53.3 cm³/mol. The summed E-state index contributed by atoms with van der Waals surface area (Å²) in [6.45, 7) is 7.88. The molecule has 1 rings (SSSR count). The van der Waals surface area contributed by atoms with Gasteiger partial charge in [0.1, 0.15) is 0 Å². The molecule has 1 aliphatic rings. The van der Waals surface area contributed by atoms with Crippen molar-refractivity contribution < 1.29 is 0 Å². The van der Waals surface area contributed by atoms with Gasteiger partial charge in [0.25, 0.3) is 0 Å².